The van der Waals surface area contributed by atoms with Gasteiger partial charge >= 0.3 is 0 Å². The van der Waals surface area contributed by atoms with Gasteiger partial charge in [-0.05, 0) is 24.2 Å². The lowest BCUT2D eigenvalue weighted by atomic mass is 9.68. The van der Waals surface area contributed by atoms with Gasteiger partial charge in [-0.25, -0.2) is 0 Å². The summed E-state index contributed by atoms with van der Waals surface area (Å²) in [7, 11) is 7.10. The smallest absolute Gasteiger partial charge is 0.0946 e. The van der Waals surface area contributed by atoms with Crippen molar-refractivity contribution in [1.29, 1.82) is 0 Å². The van der Waals surface area contributed by atoms with Crippen molar-refractivity contribution < 1.29 is 4.48 Å². The van der Waals surface area contributed by atoms with E-state index < -0.39 is 0 Å². The molecule has 0 heterocycles. The van der Waals surface area contributed by atoms with Gasteiger partial charge in [-0.15, -0.1) is 0 Å². The zero-order chi connectivity index (χ0) is 10.8. The monoisotopic (exact) mass is 196 g/mol. The van der Waals surface area contributed by atoms with Gasteiger partial charge in [0.25, 0.3) is 0 Å². The van der Waals surface area contributed by atoms with Gasteiger partial charge in [0.15, 0.2) is 0 Å². The van der Waals surface area contributed by atoms with Crippen molar-refractivity contribution in [3.63, 3.8) is 0 Å². The van der Waals surface area contributed by atoms with Gasteiger partial charge in [0.05, 0.1) is 27.2 Å². The lowest BCUT2D eigenvalue weighted by Crippen LogP contribution is -2.53. The summed E-state index contributed by atoms with van der Waals surface area (Å²) >= 11 is 0. The lowest BCUT2D eigenvalue weighted by Gasteiger charge is -2.45. The molecule has 14 heavy (non-hydrogen) atoms. The van der Waals surface area contributed by atoms with Gasteiger partial charge < -0.3 is 4.48 Å². The molecule has 1 nitrogen and oxygen atoms in total. The third-order valence-electron chi connectivity index (χ3n) is 5.68. The van der Waals surface area contributed by atoms with Crippen LogP contribution in [0, 0.1) is 16.7 Å². The van der Waals surface area contributed by atoms with Crippen LogP contribution in [0.15, 0.2) is 0 Å². The van der Waals surface area contributed by atoms with Crippen LogP contribution in [0.1, 0.15) is 40.0 Å². The number of hydrogen-bond donors (Lipinski definition) is 0. The Morgan fingerprint density at radius 1 is 1.07 bits per heavy atom. The quantitative estimate of drug-likeness (QED) is 0.566. The number of fused-ring (bicyclic) bond motifs is 2. The highest BCUT2D eigenvalue weighted by atomic mass is 15.3. The Hall–Kier alpha value is -0.0400. The SMILES string of the molecule is CC1(C)[C@@H]2CC[C@@]1(C)[C@@H]([N+](C)(C)C)C2. The van der Waals surface area contributed by atoms with Crippen LogP contribution in [0.5, 0.6) is 0 Å². The average molecular weight is 196 g/mol. The molecule has 0 aromatic rings. The van der Waals surface area contributed by atoms with E-state index in [2.05, 4.69) is 41.9 Å². The minimum atomic E-state index is 0.573. The topological polar surface area (TPSA) is 0 Å². The van der Waals surface area contributed by atoms with E-state index in [0.717, 1.165) is 16.4 Å². The van der Waals surface area contributed by atoms with Crippen molar-refractivity contribution >= 4 is 0 Å². The van der Waals surface area contributed by atoms with Crippen molar-refractivity contribution in [2.75, 3.05) is 21.1 Å². The Morgan fingerprint density at radius 2 is 1.64 bits per heavy atom. The summed E-state index contributed by atoms with van der Waals surface area (Å²) in [6.07, 6.45) is 4.37. The molecule has 2 bridgehead atoms. The van der Waals surface area contributed by atoms with Gasteiger partial charge in [0.2, 0.25) is 0 Å². The van der Waals surface area contributed by atoms with E-state index in [1.165, 1.54) is 19.3 Å². The standard InChI is InChI=1S/C13H26N/c1-12(2)10-7-8-13(12,3)11(9-10)14(4,5)6/h10-11H,7-9H2,1-6H3/q+1/t10-,11+,13+/m1/s1. The Balaban J connectivity index is 2.37. The molecule has 0 unspecified atom stereocenters. The first-order chi connectivity index (χ1) is 6.19. The van der Waals surface area contributed by atoms with E-state index in [1.807, 2.05) is 0 Å². The molecular formula is C13H26N+. The molecule has 0 saturated heterocycles. The molecule has 2 rings (SSSR count). The van der Waals surface area contributed by atoms with Crippen molar-refractivity contribution in [1.82, 2.24) is 0 Å². The van der Waals surface area contributed by atoms with Crippen molar-refractivity contribution in [2.45, 2.75) is 46.1 Å². The molecule has 0 spiro atoms. The zero-order valence-electron chi connectivity index (χ0n) is 10.7. The Kier molecular flexibility index (Phi) is 1.91. The number of quaternary nitrogens is 1. The molecule has 0 N–H and O–H groups in total. The third kappa shape index (κ3) is 1.05. The minimum absolute atomic E-state index is 0.573. The summed E-state index contributed by atoms with van der Waals surface area (Å²) in [5.74, 6) is 0.981. The summed E-state index contributed by atoms with van der Waals surface area (Å²) in [6, 6.07) is 0.872. The second kappa shape index (κ2) is 2.55. The van der Waals surface area contributed by atoms with E-state index in [1.54, 1.807) is 0 Å². The zero-order valence-corrected chi connectivity index (χ0v) is 10.7. The van der Waals surface area contributed by atoms with E-state index in [4.69, 9.17) is 0 Å². The van der Waals surface area contributed by atoms with Crippen molar-refractivity contribution in [3.05, 3.63) is 0 Å². The van der Waals surface area contributed by atoms with Crippen LogP contribution in [0.4, 0.5) is 0 Å². The molecule has 2 aliphatic rings. The van der Waals surface area contributed by atoms with E-state index in [-0.39, 0.29) is 0 Å². The molecule has 82 valence electrons. The summed E-state index contributed by atoms with van der Waals surface area (Å²) in [6.45, 7) is 7.54. The van der Waals surface area contributed by atoms with E-state index in [0.29, 0.717) is 10.8 Å². The summed E-state index contributed by atoms with van der Waals surface area (Å²) < 4.78 is 1.15. The van der Waals surface area contributed by atoms with Crippen LogP contribution in [0.2, 0.25) is 0 Å². The number of hydrogen-bond acceptors (Lipinski definition) is 0. The largest absolute Gasteiger partial charge is 0.328 e. The number of nitrogens with zero attached hydrogens (tertiary/aromatic N) is 1. The molecule has 2 fully saturated rings. The Labute approximate surface area is 89.1 Å². The fraction of sp³-hybridized carbons (Fsp3) is 1.00. The summed E-state index contributed by atoms with van der Waals surface area (Å²) in [5.41, 5.74) is 1.15. The Bertz CT molecular complexity index is 248. The summed E-state index contributed by atoms with van der Waals surface area (Å²) in [4.78, 5) is 0. The molecular weight excluding hydrogens is 170 g/mol. The molecule has 0 radical (unpaired) electrons. The van der Waals surface area contributed by atoms with Gasteiger partial charge in [-0.3, -0.25) is 0 Å². The highest BCUT2D eigenvalue weighted by molar-refractivity contribution is 5.10. The molecule has 0 aliphatic heterocycles. The van der Waals surface area contributed by atoms with Crippen LogP contribution in [-0.4, -0.2) is 31.7 Å². The fourth-order valence-corrected chi connectivity index (χ4v) is 4.33. The predicted octanol–water partition coefficient (Wildman–Crippen LogP) is 2.91. The van der Waals surface area contributed by atoms with Gasteiger partial charge in [0, 0.05) is 11.8 Å². The third-order valence-corrected chi connectivity index (χ3v) is 5.68. The maximum atomic E-state index is 2.54. The van der Waals surface area contributed by atoms with Gasteiger partial charge in [-0.1, -0.05) is 20.8 Å². The average Bonchev–Trinajstić information content (AvgIpc) is 2.32. The van der Waals surface area contributed by atoms with Gasteiger partial charge in [-0.2, -0.15) is 0 Å². The maximum absolute atomic E-state index is 2.54. The minimum Gasteiger partial charge on any atom is -0.328 e. The molecule has 1 heteroatoms. The van der Waals surface area contributed by atoms with Gasteiger partial charge in [0.1, 0.15) is 0 Å². The van der Waals surface area contributed by atoms with Crippen LogP contribution < -0.4 is 0 Å². The predicted molar refractivity (Wildman–Crippen MR) is 61.0 cm³/mol. The Morgan fingerprint density at radius 3 is 1.86 bits per heavy atom. The molecule has 2 saturated carbocycles. The van der Waals surface area contributed by atoms with E-state index in [9.17, 15) is 0 Å². The second-order valence-corrected chi connectivity index (χ2v) is 7.24. The lowest BCUT2D eigenvalue weighted by molar-refractivity contribution is -0.903. The highest BCUT2D eigenvalue weighted by Gasteiger charge is 2.65. The molecule has 3 atom stereocenters. The van der Waals surface area contributed by atoms with Crippen molar-refractivity contribution in [3.8, 4) is 0 Å². The van der Waals surface area contributed by atoms with E-state index >= 15 is 0 Å². The molecule has 0 aromatic carbocycles. The molecule has 0 amide bonds. The van der Waals surface area contributed by atoms with Crippen LogP contribution in [0.3, 0.4) is 0 Å². The van der Waals surface area contributed by atoms with Crippen LogP contribution in [-0.2, 0) is 0 Å². The first-order valence-electron chi connectivity index (χ1n) is 6.01. The van der Waals surface area contributed by atoms with Crippen LogP contribution >= 0.6 is 0 Å². The first kappa shape index (κ1) is 10.5. The second-order valence-electron chi connectivity index (χ2n) is 7.24. The van der Waals surface area contributed by atoms with Crippen molar-refractivity contribution in [2.24, 2.45) is 16.7 Å². The normalized spacial score (nSPS) is 45.9. The molecule has 0 aromatic heterocycles. The maximum Gasteiger partial charge on any atom is 0.0946 e. The highest BCUT2D eigenvalue weighted by Crippen LogP contribution is 2.66. The number of rotatable bonds is 1. The summed E-state index contributed by atoms with van der Waals surface area (Å²) in [5, 5.41) is 0. The fourth-order valence-electron chi connectivity index (χ4n) is 4.33. The molecule has 2 aliphatic carbocycles. The first-order valence-corrected chi connectivity index (χ1v) is 6.01. The van der Waals surface area contributed by atoms with Crippen LogP contribution in [0.25, 0.3) is 0 Å².